The van der Waals surface area contributed by atoms with Gasteiger partial charge in [-0.15, -0.1) is 0 Å². The number of aromatic nitrogens is 2. The molecule has 0 saturated carbocycles. The van der Waals surface area contributed by atoms with Crippen LogP contribution in [0.4, 0.5) is 0 Å². The van der Waals surface area contributed by atoms with E-state index in [4.69, 9.17) is 9.47 Å². The summed E-state index contributed by atoms with van der Waals surface area (Å²) in [5.74, 6) is 0.701. The van der Waals surface area contributed by atoms with Crippen LogP contribution >= 0.6 is 0 Å². The molecule has 2 aliphatic rings. The quantitative estimate of drug-likeness (QED) is 0.745. The van der Waals surface area contributed by atoms with Crippen LogP contribution in [0.15, 0.2) is 42.6 Å². The lowest BCUT2D eigenvalue weighted by Gasteiger charge is -2.39. The zero-order valence-corrected chi connectivity index (χ0v) is 17.3. The predicted octanol–water partition coefficient (Wildman–Crippen LogP) is 1.58. The van der Waals surface area contributed by atoms with Gasteiger partial charge in [-0.3, -0.25) is 14.3 Å². The van der Waals surface area contributed by atoms with E-state index in [0.29, 0.717) is 57.9 Å². The smallest absolute Gasteiger partial charge is 0.274 e. The van der Waals surface area contributed by atoms with Crippen molar-refractivity contribution in [2.24, 2.45) is 13.0 Å². The number of piperidine rings is 1. The van der Waals surface area contributed by atoms with Crippen LogP contribution < -0.4 is 4.74 Å². The van der Waals surface area contributed by atoms with Crippen molar-refractivity contribution in [3.63, 3.8) is 0 Å². The Hall–Kier alpha value is -2.87. The molecule has 8 nitrogen and oxygen atoms in total. The summed E-state index contributed by atoms with van der Waals surface area (Å²) in [5.41, 5.74) is 0.429. The van der Waals surface area contributed by atoms with Gasteiger partial charge in [0.05, 0.1) is 13.2 Å². The Kier molecular flexibility index (Phi) is 6.32. The fraction of sp³-hybridized carbons (Fsp3) is 0.500. The molecule has 1 aromatic heterocycles. The van der Waals surface area contributed by atoms with Gasteiger partial charge in [0.15, 0.2) is 0 Å². The van der Waals surface area contributed by atoms with Gasteiger partial charge in [-0.2, -0.15) is 5.10 Å². The van der Waals surface area contributed by atoms with E-state index in [1.165, 1.54) is 0 Å². The number of carbonyl (C=O) groups is 2. The van der Waals surface area contributed by atoms with Crippen LogP contribution in [0.25, 0.3) is 0 Å². The molecule has 3 heterocycles. The second-order valence-corrected chi connectivity index (χ2v) is 7.84. The summed E-state index contributed by atoms with van der Waals surface area (Å²) < 4.78 is 13.2. The molecule has 0 unspecified atom stereocenters. The van der Waals surface area contributed by atoms with Crippen molar-refractivity contribution in [1.29, 1.82) is 0 Å². The number of carbonyl (C=O) groups excluding carboxylic acids is 2. The molecule has 2 aromatic rings. The number of hydrogen-bond acceptors (Lipinski definition) is 5. The number of amides is 2. The Labute approximate surface area is 176 Å². The maximum atomic E-state index is 12.9. The fourth-order valence-corrected chi connectivity index (χ4v) is 4.08. The molecule has 8 heteroatoms. The Balaban J connectivity index is 1.47. The van der Waals surface area contributed by atoms with Gasteiger partial charge in [-0.1, -0.05) is 18.2 Å². The summed E-state index contributed by atoms with van der Waals surface area (Å²) in [7, 11) is 1.79. The number of para-hydroxylation sites is 1. The van der Waals surface area contributed by atoms with Gasteiger partial charge in [0.2, 0.25) is 5.91 Å². The minimum Gasteiger partial charge on any atom is -0.490 e. The van der Waals surface area contributed by atoms with Gasteiger partial charge in [-0.05, 0) is 18.2 Å². The van der Waals surface area contributed by atoms with Crippen LogP contribution in [0.1, 0.15) is 23.3 Å². The first-order valence-electron chi connectivity index (χ1n) is 10.5. The number of morpholine rings is 1. The third-order valence-electron chi connectivity index (χ3n) is 5.72. The minimum absolute atomic E-state index is 0.0815. The van der Waals surface area contributed by atoms with Crippen molar-refractivity contribution >= 4 is 11.8 Å². The van der Waals surface area contributed by atoms with Crippen LogP contribution in [0.5, 0.6) is 5.75 Å². The lowest BCUT2D eigenvalue weighted by molar-refractivity contribution is -0.137. The lowest BCUT2D eigenvalue weighted by atomic mass is 9.90. The Morgan fingerprint density at radius 2 is 1.87 bits per heavy atom. The van der Waals surface area contributed by atoms with Crippen molar-refractivity contribution in [3.05, 3.63) is 48.3 Å². The van der Waals surface area contributed by atoms with E-state index < -0.39 is 0 Å². The zero-order valence-electron chi connectivity index (χ0n) is 17.3. The highest BCUT2D eigenvalue weighted by molar-refractivity contribution is 5.92. The van der Waals surface area contributed by atoms with E-state index in [1.807, 2.05) is 35.2 Å². The Bertz CT molecular complexity index is 863. The number of rotatable bonds is 5. The van der Waals surface area contributed by atoms with Gasteiger partial charge in [0.25, 0.3) is 5.91 Å². The van der Waals surface area contributed by atoms with E-state index in [2.05, 4.69) is 5.10 Å². The Morgan fingerprint density at radius 1 is 1.10 bits per heavy atom. The monoisotopic (exact) mass is 412 g/mol. The van der Waals surface area contributed by atoms with E-state index in [-0.39, 0.29) is 23.8 Å². The Morgan fingerprint density at radius 3 is 2.57 bits per heavy atom. The third kappa shape index (κ3) is 4.81. The van der Waals surface area contributed by atoms with E-state index in [0.717, 1.165) is 5.75 Å². The number of aryl methyl sites for hydroxylation is 1. The van der Waals surface area contributed by atoms with Crippen molar-refractivity contribution in [1.82, 2.24) is 19.6 Å². The first-order valence-corrected chi connectivity index (χ1v) is 10.5. The lowest BCUT2D eigenvalue weighted by Crippen LogP contribution is -2.50. The van der Waals surface area contributed by atoms with Crippen molar-refractivity contribution < 1.29 is 19.1 Å². The SMILES string of the molecule is Cn1ccc(C(=O)N2CC[C@H](Oc3ccccc3)[C@@H](CC(=O)N3CCOCC3)C2)n1. The summed E-state index contributed by atoms with van der Waals surface area (Å²) in [6.07, 6.45) is 2.67. The van der Waals surface area contributed by atoms with Gasteiger partial charge in [-0.25, -0.2) is 0 Å². The molecule has 4 rings (SSSR count). The molecular weight excluding hydrogens is 384 g/mol. The van der Waals surface area contributed by atoms with Crippen molar-refractivity contribution in [2.75, 3.05) is 39.4 Å². The zero-order chi connectivity index (χ0) is 20.9. The highest BCUT2D eigenvalue weighted by Crippen LogP contribution is 2.27. The standard InChI is InChI=1S/C22H28N4O4/c1-24-9-7-19(23-24)22(28)26-10-8-20(30-18-5-3-2-4-6-18)17(16-26)15-21(27)25-11-13-29-14-12-25/h2-7,9,17,20H,8,10-16H2,1H3/t17-,20-/m0/s1. The molecular formula is C22H28N4O4. The maximum absolute atomic E-state index is 12.9. The second-order valence-electron chi connectivity index (χ2n) is 7.84. The predicted molar refractivity (Wildman–Crippen MR) is 110 cm³/mol. The normalized spacial score (nSPS) is 22.0. The molecule has 160 valence electrons. The van der Waals surface area contributed by atoms with E-state index in [1.54, 1.807) is 28.9 Å². The minimum atomic E-state index is -0.120. The fourth-order valence-electron chi connectivity index (χ4n) is 4.08. The average Bonchev–Trinajstić information content (AvgIpc) is 3.22. The summed E-state index contributed by atoms with van der Waals surface area (Å²) in [6, 6.07) is 11.4. The molecule has 0 N–H and O–H groups in total. The second kappa shape index (κ2) is 9.30. The van der Waals surface area contributed by atoms with Gasteiger partial charge >= 0.3 is 0 Å². The molecule has 2 amide bonds. The third-order valence-corrected chi connectivity index (χ3v) is 5.72. The van der Waals surface area contributed by atoms with Crippen LogP contribution in [0.2, 0.25) is 0 Å². The molecule has 1 aromatic carbocycles. The highest BCUT2D eigenvalue weighted by atomic mass is 16.5. The molecule has 2 atom stereocenters. The van der Waals surface area contributed by atoms with Crippen LogP contribution in [-0.4, -0.2) is 76.9 Å². The first-order chi connectivity index (χ1) is 14.6. The number of nitrogens with zero attached hydrogens (tertiary/aromatic N) is 4. The van der Waals surface area contributed by atoms with Gasteiger partial charge < -0.3 is 19.3 Å². The van der Waals surface area contributed by atoms with Gasteiger partial charge in [0.1, 0.15) is 17.5 Å². The molecule has 30 heavy (non-hydrogen) atoms. The number of ether oxygens (including phenoxy) is 2. The van der Waals surface area contributed by atoms with Gasteiger partial charge in [0, 0.05) is 58.2 Å². The van der Waals surface area contributed by atoms with Crippen LogP contribution in [-0.2, 0) is 16.6 Å². The molecule has 2 saturated heterocycles. The number of hydrogen-bond donors (Lipinski definition) is 0. The first kappa shape index (κ1) is 20.4. The average molecular weight is 412 g/mol. The molecule has 0 aliphatic carbocycles. The van der Waals surface area contributed by atoms with Crippen molar-refractivity contribution in [2.45, 2.75) is 18.9 Å². The number of likely N-dealkylation sites (tertiary alicyclic amines) is 1. The molecule has 0 radical (unpaired) electrons. The van der Waals surface area contributed by atoms with E-state index >= 15 is 0 Å². The van der Waals surface area contributed by atoms with E-state index in [9.17, 15) is 9.59 Å². The molecule has 0 spiro atoms. The largest absolute Gasteiger partial charge is 0.490 e. The summed E-state index contributed by atoms with van der Waals surface area (Å²) in [6.45, 7) is 3.44. The summed E-state index contributed by atoms with van der Waals surface area (Å²) >= 11 is 0. The topological polar surface area (TPSA) is 76.9 Å². The van der Waals surface area contributed by atoms with Crippen LogP contribution in [0, 0.1) is 5.92 Å². The summed E-state index contributed by atoms with van der Waals surface area (Å²) in [4.78, 5) is 29.5. The summed E-state index contributed by atoms with van der Waals surface area (Å²) in [5, 5.41) is 4.24. The molecule has 2 aliphatic heterocycles. The van der Waals surface area contributed by atoms with Crippen LogP contribution in [0.3, 0.4) is 0 Å². The maximum Gasteiger partial charge on any atom is 0.274 e. The molecule has 0 bridgehead atoms. The highest BCUT2D eigenvalue weighted by Gasteiger charge is 2.36. The van der Waals surface area contributed by atoms with Crippen molar-refractivity contribution in [3.8, 4) is 5.75 Å². The number of benzene rings is 1. The molecule has 2 fully saturated rings.